The van der Waals surface area contributed by atoms with E-state index in [0.717, 1.165) is 45.1 Å². The Bertz CT molecular complexity index is 1070. The van der Waals surface area contributed by atoms with Crippen LogP contribution < -0.4 is 11.1 Å². The minimum Gasteiger partial charge on any atom is -0.359 e. The third kappa shape index (κ3) is 4.05. The number of nitrogens with two attached hydrogens (primary N) is 1. The monoisotopic (exact) mass is 392 g/mol. The van der Waals surface area contributed by atoms with Crippen molar-refractivity contribution in [2.24, 2.45) is 5.73 Å². The molecule has 0 aliphatic rings. The van der Waals surface area contributed by atoms with Crippen LogP contribution in [0.25, 0.3) is 21.5 Å². The van der Waals surface area contributed by atoms with Crippen LogP contribution >= 0.6 is 11.3 Å². The molecule has 0 radical (unpaired) electrons. The van der Waals surface area contributed by atoms with E-state index in [9.17, 15) is 0 Å². The summed E-state index contributed by atoms with van der Waals surface area (Å²) in [5.74, 6) is 0. The second kappa shape index (κ2) is 8.08. The molecule has 2 aromatic heterocycles. The van der Waals surface area contributed by atoms with Gasteiger partial charge in [-0.05, 0) is 49.1 Å². The maximum absolute atomic E-state index is 6.29. The largest absolute Gasteiger partial charge is 0.359 e. The Morgan fingerprint density at radius 1 is 1.11 bits per heavy atom. The van der Waals surface area contributed by atoms with Gasteiger partial charge >= 0.3 is 0 Å². The van der Waals surface area contributed by atoms with Crippen molar-refractivity contribution < 1.29 is 0 Å². The van der Waals surface area contributed by atoms with Crippen LogP contribution in [0.3, 0.4) is 0 Å². The van der Waals surface area contributed by atoms with E-state index in [-0.39, 0.29) is 6.04 Å². The predicted molar refractivity (Wildman–Crippen MR) is 116 cm³/mol. The van der Waals surface area contributed by atoms with Crippen molar-refractivity contribution in [2.45, 2.75) is 32.7 Å². The van der Waals surface area contributed by atoms with Crippen molar-refractivity contribution in [1.29, 1.82) is 0 Å². The quantitative estimate of drug-likeness (QED) is 0.443. The molecule has 0 fully saturated rings. The first kappa shape index (κ1) is 18.6. The number of nitrogens with zero attached hydrogens (tertiary/aromatic N) is 3. The summed E-state index contributed by atoms with van der Waals surface area (Å²) in [4.78, 5) is 0. The Hall–Kier alpha value is -2.77. The smallest absolute Gasteiger partial charge is 0.206 e. The molecule has 1 atom stereocenters. The highest BCUT2D eigenvalue weighted by molar-refractivity contribution is 7.18. The first-order chi connectivity index (χ1) is 13.6. The number of fused-ring (bicyclic) bond motifs is 1. The maximum Gasteiger partial charge on any atom is 0.206 e. The van der Waals surface area contributed by atoms with Crippen LogP contribution in [0.15, 0.2) is 42.5 Å². The van der Waals surface area contributed by atoms with Crippen molar-refractivity contribution in [3.05, 3.63) is 59.3 Å². The van der Waals surface area contributed by atoms with Crippen LogP contribution in [-0.4, -0.2) is 33.0 Å². The number of aryl methyl sites for hydroxylation is 2. The summed E-state index contributed by atoms with van der Waals surface area (Å²) in [6.45, 7) is 4.81. The molecule has 0 aliphatic carbocycles. The molecular weight excluding hydrogens is 368 g/mol. The van der Waals surface area contributed by atoms with Gasteiger partial charge in [-0.25, -0.2) is 0 Å². The topological polar surface area (TPSA) is 92.5 Å². The summed E-state index contributed by atoms with van der Waals surface area (Å²) in [7, 11) is 0. The van der Waals surface area contributed by atoms with E-state index < -0.39 is 0 Å². The molecule has 0 saturated heterocycles. The molecule has 28 heavy (non-hydrogen) atoms. The van der Waals surface area contributed by atoms with Gasteiger partial charge in [0.25, 0.3) is 0 Å². The number of benzene rings is 2. The number of rotatable bonds is 7. The van der Waals surface area contributed by atoms with Crippen molar-refractivity contribution in [3.8, 4) is 10.6 Å². The lowest BCUT2D eigenvalue weighted by atomic mass is 10.0. The molecule has 144 valence electrons. The SMILES string of the molecule is CCc1ccc(C[C@H](N)CNc2nnc(-c3ccc4[nH]nc(C)c4c3)s2)cc1. The third-order valence-corrected chi connectivity index (χ3v) is 5.80. The van der Waals surface area contributed by atoms with Gasteiger partial charge in [0.15, 0.2) is 0 Å². The van der Waals surface area contributed by atoms with Crippen LogP contribution in [0.2, 0.25) is 0 Å². The van der Waals surface area contributed by atoms with E-state index in [1.165, 1.54) is 22.5 Å². The number of H-pyrrole nitrogens is 1. The fraction of sp³-hybridized carbons (Fsp3) is 0.286. The third-order valence-electron chi connectivity index (χ3n) is 4.87. The van der Waals surface area contributed by atoms with Crippen LogP contribution in [0.5, 0.6) is 0 Å². The highest BCUT2D eigenvalue weighted by atomic mass is 32.1. The molecule has 0 unspecified atom stereocenters. The van der Waals surface area contributed by atoms with Gasteiger partial charge in [-0.3, -0.25) is 5.10 Å². The molecule has 0 bridgehead atoms. The summed E-state index contributed by atoms with van der Waals surface area (Å²) in [6, 6.07) is 14.9. The molecule has 4 rings (SSSR count). The highest BCUT2D eigenvalue weighted by Gasteiger charge is 2.11. The number of aromatic nitrogens is 4. The van der Waals surface area contributed by atoms with Crippen molar-refractivity contribution in [1.82, 2.24) is 20.4 Å². The summed E-state index contributed by atoms with van der Waals surface area (Å²) in [5.41, 5.74) is 12.0. The lowest BCUT2D eigenvalue weighted by molar-refractivity contribution is 0.698. The number of anilines is 1. The highest BCUT2D eigenvalue weighted by Crippen LogP contribution is 2.29. The maximum atomic E-state index is 6.29. The molecule has 0 spiro atoms. The van der Waals surface area contributed by atoms with E-state index in [2.05, 4.69) is 63.0 Å². The van der Waals surface area contributed by atoms with Gasteiger partial charge in [-0.15, -0.1) is 10.2 Å². The Morgan fingerprint density at radius 2 is 1.89 bits per heavy atom. The summed E-state index contributed by atoms with van der Waals surface area (Å²) in [5, 5.41) is 22.0. The Morgan fingerprint density at radius 3 is 2.68 bits per heavy atom. The standard InChI is InChI=1S/C21H24N6S/c1-3-14-4-6-15(7-5-14)10-17(22)12-23-21-27-26-20(28-21)16-8-9-19-18(11-16)13(2)24-25-19/h4-9,11,17H,3,10,12,22H2,1-2H3,(H,23,27)(H,24,25)/t17-/m0/s1. The second-order valence-electron chi connectivity index (χ2n) is 7.00. The molecule has 4 aromatic rings. The Kier molecular flexibility index (Phi) is 5.36. The van der Waals surface area contributed by atoms with Gasteiger partial charge in [-0.1, -0.05) is 42.5 Å². The van der Waals surface area contributed by atoms with Crippen molar-refractivity contribution in [3.63, 3.8) is 0 Å². The van der Waals surface area contributed by atoms with Gasteiger partial charge in [0.1, 0.15) is 5.01 Å². The van der Waals surface area contributed by atoms with Gasteiger partial charge in [0, 0.05) is 23.5 Å². The lowest BCUT2D eigenvalue weighted by Gasteiger charge is -2.12. The van der Waals surface area contributed by atoms with Crippen LogP contribution in [-0.2, 0) is 12.8 Å². The molecule has 0 aliphatic heterocycles. The number of hydrogen-bond acceptors (Lipinski definition) is 6. The summed E-state index contributed by atoms with van der Waals surface area (Å²) >= 11 is 1.54. The predicted octanol–water partition coefficient (Wildman–Crippen LogP) is 3.93. The van der Waals surface area contributed by atoms with Crippen molar-refractivity contribution >= 4 is 27.4 Å². The van der Waals surface area contributed by atoms with Gasteiger partial charge < -0.3 is 11.1 Å². The normalized spacial score (nSPS) is 12.4. The van der Waals surface area contributed by atoms with Gasteiger partial charge in [0.05, 0.1) is 11.2 Å². The molecule has 6 nitrogen and oxygen atoms in total. The Balaban J connectivity index is 1.37. The average molecular weight is 393 g/mol. The Labute approximate surface area is 168 Å². The molecule has 7 heteroatoms. The fourth-order valence-electron chi connectivity index (χ4n) is 3.19. The zero-order valence-electron chi connectivity index (χ0n) is 16.1. The van der Waals surface area contributed by atoms with Crippen molar-refractivity contribution in [2.75, 3.05) is 11.9 Å². The van der Waals surface area contributed by atoms with Crippen LogP contribution in [0, 0.1) is 6.92 Å². The number of aromatic amines is 1. The van der Waals surface area contributed by atoms with Gasteiger partial charge in [-0.2, -0.15) is 5.10 Å². The van der Waals surface area contributed by atoms with Crippen LogP contribution in [0.1, 0.15) is 23.7 Å². The molecule has 4 N–H and O–H groups in total. The molecule has 0 saturated carbocycles. The lowest BCUT2D eigenvalue weighted by Crippen LogP contribution is -2.31. The summed E-state index contributed by atoms with van der Waals surface area (Å²) in [6.07, 6.45) is 1.89. The van der Waals surface area contributed by atoms with E-state index in [4.69, 9.17) is 5.73 Å². The zero-order valence-corrected chi connectivity index (χ0v) is 16.9. The number of nitrogens with one attached hydrogen (secondary N) is 2. The fourth-order valence-corrected chi connectivity index (χ4v) is 3.94. The first-order valence-electron chi connectivity index (χ1n) is 9.48. The molecule has 2 aromatic carbocycles. The minimum absolute atomic E-state index is 0.0183. The second-order valence-corrected chi connectivity index (χ2v) is 7.97. The van der Waals surface area contributed by atoms with Crippen LogP contribution in [0.4, 0.5) is 5.13 Å². The van der Waals surface area contributed by atoms with E-state index in [0.29, 0.717) is 6.54 Å². The molecular formula is C21H24N6S. The van der Waals surface area contributed by atoms with E-state index in [1.807, 2.05) is 19.1 Å². The van der Waals surface area contributed by atoms with E-state index in [1.54, 1.807) is 0 Å². The molecule has 0 amide bonds. The molecule has 2 heterocycles. The minimum atomic E-state index is 0.0183. The van der Waals surface area contributed by atoms with E-state index >= 15 is 0 Å². The number of hydrogen-bond donors (Lipinski definition) is 3. The zero-order chi connectivity index (χ0) is 19.5. The summed E-state index contributed by atoms with van der Waals surface area (Å²) < 4.78 is 0. The van der Waals surface area contributed by atoms with Gasteiger partial charge in [0.2, 0.25) is 5.13 Å². The average Bonchev–Trinajstić information content (AvgIpc) is 3.34. The first-order valence-corrected chi connectivity index (χ1v) is 10.3.